The monoisotopic (exact) mass is 364 g/mol. The predicted molar refractivity (Wildman–Crippen MR) is 98.0 cm³/mol. The van der Waals surface area contributed by atoms with Crippen molar-refractivity contribution in [3.8, 4) is 0 Å². The third-order valence-electron chi connectivity index (χ3n) is 3.98. The number of rotatable bonds is 4. The Morgan fingerprint density at radius 1 is 1.04 bits per heavy atom. The minimum atomic E-state index is 0.0339. The average molecular weight is 365 g/mol. The van der Waals surface area contributed by atoms with Gasteiger partial charge in [-0.2, -0.15) is 0 Å². The Kier molecular flexibility index (Phi) is 5.43. The van der Waals surface area contributed by atoms with Crippen molar-refractivity contribution in [3.05, 3.63) is 52.6 Å². The topological polar surface area (TPSA) is 48.5 Å². The number of nitrogens with zero attached hydrogens (tertiary/aromatic N) is 3. The SMILES string of the molecule is O=C(CNc1c(Cl)cccc1Cl)N1CCN(c2ccccn2)CC1. The molecule has 0 saturated carbocycles. The van der Waals surface area contributed by atoms with Gasteiger partial charge in [0.05, 0.1) is 22.3 Å². The Hall–Kier alpha value is -1.98. The minimum Gasteiger partial charge on any atom is -0.374 e. The number of benzene rings is 1. The second-order valence-corrected chi connectivity index (χ2v) is 6.32. The predicted octanol–water partition coefficient (Wildman–Crippen LogP) is 3.15. The van der Waals surface area contributed by atoms with Gasteiger partial charge in [-0.25, -0.2) is 4.98 Å². The van der Waals surface area contributed by atoms with E-state index in [1.54, 1.807) is 24.4 Å². The maximum atomic E-state index is 12.4. The van der Waals surface area contributed by atoms with Crippen LogP contribution in [0.4, 0.5) is 11.5 Å². The lowest BCUT2D eigenvalue weighted by Gasteiger charge is -2.35. The Morgan fingerprint density at radius 3 is 2.38 bits per heavy atom. The molecule has 1 N–H and O–H groups in total. The number of pyridine rings is 1. The summed E-state index contributed by atoms with van der Waals surface area (Å²) in [6.07, 6.45) is 1.78. The van der Waals surface area contributed by atoms with E-state index < -0.39 is 0 Å². The molecule has 0 unspecified atom stereocenters. The van der Waals surface area contributed by atoms with Gasteiger partial charge in [-0.1, -0.05) is 35.3 Å². The van der Waals surface area contributed by atoms with E-state index >= 15 is 0 Å². The highest BCUT2D eigenvalue weighted by molar-refractivity contribution is 6.39. The van der Waals surface area contributed by atoms with Crippen molar-refractivity contribution in [3.63, 3.8) is 0 Å². The Bertz CT molecular complexity index is 683. The zero-order valence-electron chi connectivity index (χ0n) is 13.1. The summed E-state index contributed by atoms with van der Waals surface area (Å²) in [5.74, 6) is 0.984. The molecular formula is C17H18Cl2N4O. The summed E-state index contributed by atoms with van der Waals surface area (Å²) < 4.78 is 0. The summed E-state index contributed by atoms with van der Waals surface area (Å²) >= 11 is 12.2. The summed E-state index contributed by atoms with van der Waals surface area (Å²) in [7, 11) is 0. The highest BCUT2D eigenvalue weighted by atomic mass is 35.5. The fourth-order valence-corrected chi connectivity index (χ4v) is 3.20. The molecule has 3 rings (SSSR count). The summed E-state index contributed by atoms with van der Waals surface area (Å²) in [6.45, 7) is 3.07. The van der Waals surface area contributed by atoms with Crippen molar-refractivity contribution in [1.82, 2.24) is 9.88 Å². The second-order valence-electron chi connectivity index (χ2n) is 5.51. The van der Waals surface area contributed by atoms with Crippen LogP contribution >= 0.6 is 23.2 Å². The van der Waals surface area contributed by atoms with Crippen molar-refractivity contribution < 1.29 is 4.79 Å². The third-order valence-corrected chi connectivity index (χ3v) is 4.61. The molecule has 0 atom stereocenters. The number of para-hydroxylation sites is 1. The normalized spacial score (nSPS) is 14.6. The molecule has 1 aromatic heterocycles. The molecule has 0 radical (unpaired) electrons. The van der Waals surface area contributed by atoms with Crippen molar-refractivity contribution in [1.29, 1.82) is 0 Å². The molecule has 1 saturated heterocycles. The molecule has 0 aliphatic carbocycles. The van der Waals surface area contributed by atoms with Crippen LogP contribution in [0.1, 0.15) is 0 Å². The Labute approximate surface area is 151 Å². The van der Waals surface area contributed by atoms with Gasteiger partial charge in [-0.05, 0) is 24.3 Å². The standard InChI is InChI=1S/C17H18Cl2N4O/c18-13-4-3-5-14(19)17(13)21-12-16(24)23-10-8-22(9-11-23)15-6-1-2-7-20-15/h1-7,21H,8-12H2. The first-order chi connectivity index (χ1) is 11.6. The van der Waals surface area contributed by atoms with E-state index in [-0.39, 0.29) is 12.5 Å². The average Bonchev–Trinajstić information content (AvgIpc) is 2.62. The molecular weight excluding hydrogens is 347 g/mol. The molecule has 1 fully saturated rings. The maximum absolute atomic E-state index is 12.4. The van der Waals surface area contributed by atoms with Crippen LogP contribution in [0.15, 0.2) is 42.6 Å². The van der Waals surface area contributed by atoms with Gasteiger partial charge in [-0.15, -0.1) is 0 Å². The maximum Gasteiger partial charge on any atom is 0.241 e. The van der Waals surface area contributed by atoms with Gasteiger partial charge in [0.1, 0.15) is 5.82 Å². The highest BCUT2D eigenvalue weighted by Crippen LogP contribution is 2.29. The third kappa shape index (κ3) is 3.91. The second kappa shape index (κ2) is 7.73. The largest absolute Gasteiger partial charge is 0.374 e. The number of nitrogens with one attached hydrogen (secondary N) is 1. The fourth-order valence-electron chi connectivity index (χ4n) is 2.67. The van der Waals surface area contributed by atoms with Gasteiger partial charge in [-0.3, -0.25) is 4.79 Å². The number of hydrogen-bond acceptors (Lipinski definition) is 4. The Morgan fingerprint density at radius 2 is 1.75 bits per heavy atom. The molecule has 7 heteroatoms. The first-order valence-corrected chi connectivity index (χ1v) is 8.52. The van der Waals surface area contributed by atoms with Crippen molar-refractivity contribution >= 4 is 40.6 Å². The Balaban J connectivity index is 1.52. The fraction of sp³-hybridized carbons (Fsp3) is 0.294. The summed E-state index contributed by atoms with van der Waals surface area (Å²) in [5, 5.41) is 4.06. The van der Waals surface area contributed by atoms with Crippen LogP contribution in [0.25, 0.3) is 0 Å². The van der Waals surface area contributed by atoms with Crippen LogP contribution in [0, 0.1) is 0 Å². The zero-order valence-corrected chi connectivity index (χ0v) is 14.6. The minimum absolute atomic E-state index is 0.0339. The molecule has 1 aliphatic rings. The lowest BCUT2D eigenvalue weighted by molar-refractivity contribution is -0.129. The van der Waals surface area contributed by atoms with Gasteiger partial charge >= 0.3 is 0 Å². The quantitative estimate of drug-likeness (QED) is 0.905. The summed E-state index contributed by atoms with van der Waals surface area (Å²) in [4.78, 5) is 20.8. The molecule has 2 heterocycles. The van der Waals surface area contributed by atoms with E-state index in [0.29, 0.717) is 28.8 Å². The smallest absolute Gasteiger partial charge is 0.241 e. The van der Waals surface area contributed by atoms with Crippen LogP contribution in [-0.4, -0.2) is 48.5 Å². The number of aromatic nitrogens is 1. The van der Waals surface area contributed by atoms with Crippen LogP contribution < -0.4 is 10.2 Å². The van der Waals surface area contributed by atoms with E-state index in [9.17, 15) is 4.79 Å². The number of carbonyl (C=O) groups excluding carboxylic acids is 1. The first-order valence-electron chi connectivity index (χ1n) is 7.77. The van der Waals surface area contributed by atoms with Crippen LogP contribution in [-0.2, 0) is 4.79 Å². The van der Waals surface area contributed by atoms with E-state index in [0.717, 1.165) is 18.9 Å². The van der Waals surface area contributed by atoms with Crippen LogP contribution in [0.2, 0.25) is 10.0 Å². The molecule has 1 aromatic carbocycles. The van der Waals surface area contributed by atoms with Crippen molar-refractivity contribution in [2.45, 2.75) is 0 Å². The number of piperazine rings is 1. The molecule has 2 aromatic rings. The van der Waals surface area contributed by atoms with Crippen LogP contribution in [0.5, 0.6) is 0 Å². The van der Waals surface area contributed by atoms with Gasteiger partial charge < -0.3 is 15.1 Å². The molecule has 1 amide bonds. The first kappa shape index (κ1) is 16.9. The van der Waals surface area contributed by atoms with E-state index in [1.807, 2.05) is 23.1 Å². The van der Waals surface area contributed by atoms with Gasteiger partial charge in [0.25, 0.3) is 0 Å². The number of anilines is 2. The van der Waals surface area contributed by atoms with Gasteiger partial charge in [0.15, 0.2) is 0 Å². The van der Waals surface area contributed by atoms with E-state index in [2.05, 4.69) is 15.2 Å². The molecule has 5 nitrogen and oxygen atoms in total. The van der Waals surface area contributed by atoms with Gasteiger partial charge in [0, 0.05) is 32.4 Å². The van der Waals surface area contributed by atoms with E-state index in [1.165, 1.54) is 0 Å². The van der Waals surface area contributed by atoms with Crippen LogP contribution in [0.3, 0.4) is 0 Å². The van der Waals surface area contributed by atoms with Crippen molar-refractivity contribution in [2.75, 3.05) is 42.9 Å². The molecule has 0 bridgehead atoms. The molecule has 1 aliphatic heterocycles. The highest BCUT2D eigenvalue weighted by Gasteiger charge is 2.21. The number of halogens is 2. The molecule has 0 spiro atoms. The lowest BCUT2D eigenvalue weighted by Crippen LogP contribution is -2.50. The lowest BCUT2D eigenvalue weighted by atomic mass is 10.3. The number of amides is 1. The van der Waals surface area contributed by atoms with Gasteiger partial charge in [0.2, 0.25) is 5.91 Å². The number of hydrogen-bond donors (Lipinski definition) is 1. The van der Waals surface area contributed by atoms with Crippen molar-refractivity contribution in [2.24, 2.45) is 0 Å². The molecule has 24 heavy (non-hydrogen) atoms. The number of carbonyl (C=O) groups is 1. The summed E-state index contributed by atoms with van der Waals surface area (Å²) in [5.41, 5.74) is 0.598. The summed E-state index contributed by atoms with van der Waals surface area (Å²) in [6, 6.07) is 11.1. The van der Waals surface area contributed by atoms with E-state index in [4.69, 9.17) is 23.2 Å². The zero-order chi connectivity index (χ0) is 16.9. The molecule has 126 valence electrons.